The van der Waals surface area contributed by atoms with Crippen LogP contribution in [0, 0.1) is 6.92 Å². The minimum Gasteiger partial charge on any atom is -0.504 e. The molecule has 0 saturated carbocycles. The molecule has 23 heavy (non-hydrogen) atoms. The molecular formula is C18H18N2O3. The number of nitrogens with two attached hydrogens (primary N) is 1. The van der Waals surface area contributed by atoms with Gasteiger partial charge in [0.1, 0.15) is 0 Å². The maximum atomic E-state index is 11.9. The second kappa shape index (κ2) is 5.68. The topological polar surface area (TPSA) is 77.5 Å². The first-order chi connectivity index (χ1) is 11.0. The number of carbonyl (C=O) groups is 1. The largest absolute Gasteiger partial charge is 0.504 e. The van der Waals surface area contributed by atoms with Gasteiger partial charge in [-0.3, -0.25) is 4.79 Å². The first-order valence-corrected chi connectivity index (χ1v) is 7.26. The number of ether oxygens (including phenoxy) is 1. The van der Waals surface area contributed by atoms with Gasteiger partial charge in [-0.25, -0.2) is 0 Å². The molecule has 3 N–H and O–H groups in total. The van der Waals surface area contributed by atoms with Crippen LogP contribution in [0.2, 0.25) is 0 Å². The van der Waals surface area contributed by atoms with E-state index < -0.39 is 5.91 Å². The average molecular weight is 310 g/mol. The number of fused-ring (bicyclic) bond motifs is 1. The number of primary amides is 1. The lowest BCUT2D eigenvalue weighted by Crippen LogP contribution is -2.13. The molecule has 0 saturated heterocycles. The van der Waals surface area contributed by atoms with Gasteiger partial charge in [-0.15, -0.1) is 0 Å². The molecule has 1 heterocycles. The molecule has 0 aliphatic carbocycles. The van der Waals surface area contributed by atoms with E-state index in [1.807, 2.05) is 41.8 Å². The Balaban J connectivity index is 2.27. The number of phenols is 1. The summed E-state index contributed by atoms with van der Waals surface area (Å²) in [6.07, 6.45) is 0. The molecule has 2 aromatic carbocycles. The van der Waals surface area contributed by atoms with Crippen molar-refractivity contribution in [3.05, 3.63) is 59.3 Å². The van der Waals surface area contributed by atoms with Crippen LogP contribution >= 0.6 is 0 Å². The standard InChI is InChI=1S/C18H18N2O3/c1-11-17(18(19)22)13-8-15(21)16(23-2)9-14(13)20(11)10-12-6-4-3-5-7-12/h3-9,21H,10H2,1-2H3,(H2,19,22). The van der Waals surface area contributed by atoms with E-state index in [0.29, 0.717) is 23.2 Å². The molecule has 0 bridgehead atoms. The lowest BCUT2D eigenvalue weighted by Gasteiger charge is -2.10. The predicted molar refractivity (Wildman–Crippen MR) is 89.0 cm³/mol. The zero-order chi connectivity index (χ0) is 16.6. The predicted octanol–water partition coefficient (Wildman–Crippen LogP) is 2.81. The summed E-state index contributed by atoms with van der Waals surface area (Å²) in [5.74, 6) is -0.163. The number of hydrogen-bond donors (Lipinski definition) is 2. The summed E-state index contributed by atoms with van der Waals surface area (Å²) in [4.78, 5) is 11.9. The van der Waals surface area contributed by atoms with Crippen LogP contribution in [0.1, 0.15) is 21.6 Å². The van der Waals surface area contributed by atoms with E-state index >= 15 is 0 Å². The van der Waals surface area contributed by atoms with Crippen LogP contribution in [0.15, 0.2) is 42.5 Å². The minimum atomic E-state index is -0.510. The first-order valence-electron chi connectivity index (χ1n) is 7.26. The Morgan fingerprint density at radius 2 is 1.96 bits per heavy atom. The molecule has 0 unspecified atom stereocenters. The highest BCUT2D eigenvalue weighted by atomic mass is 16.5. The van der Waals surface area contributed by atoms with Gasteiger partial charge in [0.25, 0.3) is 5.91 Å². The smallest absolute Gasteiger partial charge is 0.251 e. The second-order valence-corrected chi connectivity index (χ2v) is 5.44. The lowest BCUT2D eigenvalue weighted by atomic mass is 10.1. The number of rotatable bonds is 4. The highest BCUT2D eigenvalue weighted by molar-refractivity contribution is 6.08. The van der Waals surface area contributed by atoms with Crippen LogP contribution < -0.4 is 10.5 Å². The summed E-state index contributed by atoms with van der Waals surface area (Å²) in [6, 6.07) is 13.2. The number of aromatic hydroxyl groups is 1. The van der Waals surface area contributed by atoms with Crippen molar-refractivity contribution in [2.75, 3.05) is 7.11 Å². The summed E-state index contributed by atoms with van der Waals surface area (Å²) in [6.45, 7) is 2.46. The zero-order valence-corrected chi connectivity index (χ0v) is 13.0. The summed E-state index contributed by atoms with van der Waals surface area (Å²) in [7, 11) is 1.49. The van der Waals surface area contributed by atoms with Crippen molar-refractivity contribution in [1.82, 2.24) is 4.57 Å². The molecule has 0 aliphatic rings. The van der Waals surface area contributed by atoms with Crippen LogP contribution in [0.3, 0.4) is 0 Å². The zero-order valence-electron chi connectivity index (χ0n) is 13.0. The number of phenolic OH excluding ortho intramolecular Hbond substituents is 1. The van der Waals surface area contributed by atoms with Gasteiger partial charge < -0.3 is 20.1 Å². The van der Waals surface area contributed by atoms with E-state index in [0.717, 1.165) is 16.8 Å². The third-order valence-corrected chi connectivity index (χ3v) is 4.05. The molecule has 0 atom stereocenters. The van der Waals surface area contributed by atoms with Crippen LogP contribution in [0.5, 0.6) is 11.5 Å². The van der Waals surface area contributed by atoms with Gasteiger partial charge in [-0.2, -0.15) is 0 Å². The van der Waals surface area contributed by atoms with Crippen molar-refractivity contribution in [2.45, 2.75) is 13.5 Å². The Morgan fingerprint density at radius 1 is 1.26 bits per heavy atom. The van der Waals surface area contributed by atoms with E-state index in [-0.39, 0.29) is 5.75 Å². The number of carbonyl (C=O) groups excluding carboxylic acids is 1. The average Bonchev–Trinajstić information content (AvgIpc) is 2.79. The molecule has 0 spiro atoms. The van der Waals surface area contributed by atoms with Crippen LogP contribution in [-0.4, -0.2) is 22.7 Å². The van der Waals surface area contributed by atoms with E-state index in [1.165, 1.54) is 13.2 Å². The van der Waals surface area contributed by atoms with Gasteiger partial charge in [0.15, 0.2) is 11.5 Å². The number of hydrogen-bond acceptors (Lipinski definition) is 3. The van der Waals surface area contributed by atoms with E-state index in [9.17, 15) is 9.90 Å². The molecule has 5 nitrogen and oxygen atoms in total. The third-order valence-electron chi connectivity index (χ3n) is 4.05. The Morgan fingerprint density at radius 3 is 2.57 bits per heavy atom. The SMILES string of the molecule is COc1cc2c(cc1O)c(C(N)=O)c(C)n2Cc1ccccc1. The van der Waals surface area contributed by atoms with E-state index in [1.54, 1.807) is 6.07 Å². The van der Waals surface area contributed by atoms with Crippen molar-refractivity contribution in [1.29, 1.82) is 0 Å². The van der Waals surface area contributed by atoms with Crippen molar-refractivity contribution in [3.63, 3.8) is 0 Å². The molecule has 0 radical (unpaired) electrons. The number of benzene rings is 2. The molecule has 1 amide bonds. The van der Waals surface area contributed by atoms with E-state index in [4.69, 9.17) is 10.5 Å². The Kier molecular flexibility index (Phi) is 3.70. The van der Waals surface area contributed by atoms with Gasteiger partial charge in [0.05, 0.1) is 18.2 Å². The molecular weight excluding hydrogens is 292 g/mol. The minimum absolute atomic E-state index is 0.0145. The summed E-state index contributed by atoms with van der Waals surface area (Å²) in [5, 5.41) is 10.6. The van der Waals surface area contributed by atoms with Crippen molar-refractivity contribution in [2.24, 2.45) is 5.73 Å². The molecule has 3 rings (SSSR count). The number of methoxy groups -OCH3 is 1. The Bertz CT molecular complexity index is 882. The van der Waals surface area contributed by atoms with Gasteiger partial charge >= 0.3 is 0 Å². The van der Waals surface area contributed by atoms with Crippen LogP contribution in [-0.2, 0) is 6.54 Å². The normalized spacial score (nSPS) is 10.9. The maximum Gasteiger partial charge on any atom is 0.251 e. The molecule has 118 valence electrons. The highest BCUT2D eigenvalue weighted by Gasteiger charge is 2.20. The van der Waals surface area contributed by atoms with Gasteiger partial charge in [-0.05, 0) is 18.6 Å². The monoisotopic (exact) mass is 310 g/mol. The highest BCUT2D eigenvalue weighted by Crippen LogP contribution is 2.35. The quantitative estimate of drug-likeness (QED) is 0.778. The first kappa shape index (κ1) is 15.0. The maximum absolute atomic E-state index is 11.9. The summed E-state index contributed by atoms with van der Waals surface area (Å²) >= 11 is 0. The molecule has 0 fully saturated rings. The fraction of sp³-hybridized carbons (Fsp3) is 0.167. The number of aromatic nitrogens is 1. The fourth-order valence-electron chi connectivity index (χ4n) is 2.94. The molecule has 0 aliphatic heterocycles. The number of nitrogens with zero attached hydrogens (tertiary/aromatic N) is 1. The van der Waals surface area contributed by atoms with Crippen LogP contribution in [0.25, 0.3) is 10.9 Å². The Hall–Kier alpha value is -2.95. The van der Waals surface area contributed by atoms with E-state index in [2.05, 4.69) is 0 Å². The van der Waals surface area contributed by atoms with Gasteiger partial charge in [0.2, 0.25) is 0 Å². The Labute approximate surface area is 133 Å². The summed E-state index contributed by atoms with van der Waals surface area (Å²) in [5.41, 5.74) is 8.64. The van der Waals surface area contributed by atoms with Gasteiger partial charge in [-0.1, -0.05) is 30.3 Å². The fourth-order valence-corrected chi connectivity index (χ4v) is 2.94. The molecule has 3 aromatic rings. The van der Waals surface area contributed by atoms with Gasteiger partial charge in [0, 0.05) is 23.7 Å². The second-order valence-electron chi connectivity index (χ2n) is 5.44. The summed E-state index contributed by atoms with van der Waals surface area (Å²) < 4.78 is 7.20. The molecule has 5 heteroatoms. The third kappa shape index (κ3) is 2.50. The van der Waals surface area contributed by atoms with Crippen molar-refractivity contribution >= 4 is 16.8 Å². The van der Waals surface area contributed by atoms with Crippen molar-refractivity contribution in [3.8, 4) is 11.5 Å². The van der Waals surface area contributed by atoms with Crippen LogP contribution in [0.4, 0.5) is 0 Å². The number of amides is 1. The molecule has 1 aromatic heterocycles. The van der Waals surface area contributed by atoms with Crippen molar-refractivity contribution < 1.29 is 14.6 Å². The lowest BCUT2D eigenvalue weighted by molar-refractivity contribution is 0.100.